The van der Waals surface area contributed by atoms with Crippen molar-refractivity contribution >= 4 is 21.7 Å². The topological polar surface area (TPSA) is 69.6 Å². The summed E-state index contributed by atoms with van der Waals surface area (Å²) in [6.07, 6.45) is 0. The van der Waals surface area contributed by atoms with E-state index in [1.807, 2.05) is 62.3 Å². The lowest BCUT2D eigenvalue weighted by atomic mass is 10.2. The number of nitrogens with zero attached hydrogens (tertiary/aromatic N) is 5. The molecule has 1 aliphatic rings. The monoisotopic (exact) mass is 375 g/mol. The van der Waals surface area contributed by atoms with Gasteiger partial charge in [0.1, 0.15) is 0 Å². The molecule has 1 fully saturated rings. The van der Waals surface area contributed by atoms with Crippen molar-refractivity contribution in [1.29, 1.82) is 0 Å². The van der Waals surface area contributed by atoms with Crippen LogP contribution in [-0.2, 0) is 15.8 Å². The number of aryl methyl sites for hydroxylation is 1. The summed E-state index contributed by atoms with van der Waals surface area (Å²) in [6.45, 7) is 4.15. The van der Waals surface area contributed by atoms with Crippen LogP contribution in [0.3, 0.4) is 0 Å². The summed E-state index contributed by atoms with van der Waals surface area (Å²) in [7, 11) is 0.527. The molecule has 0 radical (unpaired) electrons. The number of piperazine rings is 1. The Morgan fingerprint density at radius 2 is 1.62 bits per heavy atom. The van der Waals surface area contributed by atoms with Gasteiger partial charge in [-0.1, -0.05) is 29.8 Å². The van der Waals surface area contributed by atoms with Gasteiger partial charge in [-0.05, 0) is 24.6 Å². The highest BCUT2D eigenvalue weighted by atomic mass is 32.2. The Hall–Kier alpha value is -2.19. The summed E-state index contributed by atoms with van der Waals surface area (Å²) in [5.74, 6) is 1.63. The molecule has 2 aromatic rings. The molecule has 0 bridgehead atoms. The lowest BCUT2D eigenvalue weighted by Crippen LogP contribution is -2.49. The van der Waals surface area contributed by atoms with Crippen molar-refractivity contribution in [2.75, 3.05) is 50.1 Å². The second kappa shape index (κ2) is 7.59. The molecule has 2 heterocycles. The Morgan fingerprint density at radius 1 is 0.962 bits per heavy atom. The molecule has 0 atom stereocenters. The maximum atomic E-state index is 12.7. The van der Waals surface area contributed by atoms with Crippen LogP contribution in [0.4, 0.5) is 11.6 Å². The largest absolute Gasteiger partial charge is 0.361 e. The van der Waals surface area contributed by atoms with E-state index >= 15 is 0 Å². The summed E-state index contributed by atoms with van der Waals surface area (Å²) < 4.78 is 26.9. The maximum Gasteiger partial charge on any atom is 0.218 e. The minimum atomic E-state index is -3.31. The number of sulfonamides is 1. The smallest absolute Gasteiger partial charge is 0.218 e. The average Bonchev–Trinajstić information content (AvgIpc) is 2.64. The van der Waals surface area contributed by atoms with Gasteiger partial charge in [0.05, 0.1) is 5.75 Å². The van der Waals surface area contributed by atoms with Gasteiger partial charge in [-0.3, -0.25) is 0 Å². The number of benzene rings is 1. The first-order valence-electron chi connectivity index (χ1n) is 8.64. The van der Waals surface area contributed by atoms with E-state index in [2.05, 4.69) is 15.1 Å². The number of rotatable bonds is 5. The minimum absolute atomic E-state index is 0.0462. The third kappa shape index (κ3) is 4.31. The molecule has 26 heavy (non-hydrogen) atoms. The van der Waals surface area contributed by atoms with Gasteiger partial charge in [-0.2, -0.15) is 4.31 Å². The second-order valence-corrected chi connectivity index (χ2v) is 8.74. The number of anilines is 2. The molecule has 0 spiro atoms. The summed E-state index contributed by atoms with van der Waals surface area (Å²) in [5.41, 5.74) is 1.95. The minimum Gasteiger partial charge on any atom is -0.361 e. The Bertz CT molecular complexity index is 827. The van der Waals surface area contributed by atoms with Crippen LogP contribution in [0, 0.1) is 6.92 Å². The summed E-state index contributed by atoms with van der Waals surface area (Å²) in [4.78, 5) is 3.97. The molecule has 1 aromatic carbocycles. The molecule has 1 saturated heterocycles. The molecular weight excluding hydrogens is 350 g/mol. The molecule has 3 rings (SSSR count). The van der Waals surface area contributed by atoms with Crippen LogP contribution < -0.4 is 9.80 Å². The van der Waals surface area contributed by atoms with Gasteiger partial charge in [0, 0.05) is 40.3 Å². The first-order chi connectivity index (χ1) is 12.3. The van der Waals surface area contributed by atoms with Crippen LogP contribution in [0.25, 0.3) is 0 Å². The van der Waals surface area contributed by atoms with E-state index in [1.165, 1.54) is 0 Å². The van der Waals surface area contributed by atoms with Crippen LogP contribution in [0.15, 0.2) is 36.4 Å². The maximum absolute atomic E-state index is 12.7. The first kappa shape index (κ1) is 18.6. The quantitative estimate of drug-likeness (QED) is 0.789. The highest BCUT2D eigenvalue weighted by molar-refractivity contribution is 7.88. The SMILES string of the molecule is Cc1ccc(CS(=O)(=O)N2CCN(c3ccc(N(C)C)nn3)CC2)cc1. The summed E-state index contributed by atoms with van der Waals surface area (Å²) in [5, 5.41) is 8.44. The number of aromatic nitrogens is 2. The van der Waals surface area contributed by atoms with Crippen LogP contribution in [0.5, 0.6) is 0 Å². The molecular formula is C18H25N5O2S. The fraction of sp³-hybridized carbons (Fsp3) is 0.444. The lowest BCUT2D eigenvalue weighted by Gasteiger charge is -2.34. The zero-order valence-corrected chi connectivity index (χ0v) is 16.3. The van der Waals surface area contributed by atoms with Gasteiger partial charge >= 0.3 is 0 Å². The van der Waals surface area contributed by atoms with Crippen LogP contribution in [-0.4, -0.2) is 63.2 Å². The molecule has 0 unspecified atom stereocenters. The standard InChI is InChI=1S/C18H25N5O2S/c1-15-4-6-16(7-5-15)14-26(24,25)23-12-10-22(11-13-23)18-9-8-17(19-20-18)21(2)3/h4-9H,10-14H2,1-3H3. The van der Waals surface area contributed by atoms with Crippen molar-refractivity contribution in [3.8, 4) is 0 Å². The van der Waals surface area contributed by atoms with Gasteiger partial charge in [0.2, 0.25) is 10.0 Å². The van der Waals surface area contributed by atoms with Crippen molar-refractivity contribution < 1.29 is 8.42 Å². The van der Waals surface area contributed by atoms with Crippen molar-refractivity contribution in [3.63, 3.8) is 0 Å². The summed E-state index contributed by atoms with van der Waals surface area (Å²) >= 11 is 0. The van der Waals surface area contributed by atoms with Crippen LogP contribution >= 0.6 is 0 Å². The Balaban J connectivity index is 1.61. The van der Waals surface area contributed by atoms with Gasteiger partial charge in [-0.25, -0.2) is 8.42 Å². The Labute approximate surface area is 155 Å². The van der Waals surface area contributed by atoms with E-state index in [9.17, 15) is 8.42 Å². The Kier molecular flexibility index (Phi) is 5.43. The van der Waals surface area contributed by atoms with E-state index in [4.69, 9.17) is 0 Å². The predicted octanol–water partition coefficient (Wildman–Crippen LogP) is 1.50. The molecule has 7 nitrogen and oxygen atoms in total. The summed E-state index contributed by atoms with van der Waals surface area (Å²) in [6, 6.07) is 11.5. The first-order valence-corrected chi connectivity index (χ1v) is 10.3. The van der Waals surface area contributed by atoms with Crippen molar-refractivity contribution in [1.82, 2.24) is 14.5 Å². The molecule has 0 amide bonds. The van der Waals surface area contributed by atoms with Gasteiger partial charge in [0.25, 0.3) is 0 Å². The third-order valence-corrected chi connectivity index (χ3v) is 6.37. The number of hydrogen-bond acceptors (Lipinski definition) is 6. The molecule has 0 aliphatic carbocycles. The average molecular weight is 375 g/mol. The molecule has 8 heteroatoms. The fourth-order valence-corrected chi connectivity index (χ4v) is 4.42. The molecule has 0 saturated carbocycles. The lowest BCUT2D eigenvalue weighted by molar-refractivity contribution is 0.383. The van der Waals surface area contributed by atoms with E-state index in [0.717, 1.165) is 22.8 Å². The van der Waals surface area contributed by atoms with Crippen LogP contribution in [0.2, 0.25) is 0 Å². The van der Waals surface area contributed by atoms with Crippen molar-refractivity contribution in [2.24, 2.45) is 0 Å². The van der Waals surface area contributed by atoms with Crippen LogP contribution in [0.1, 0.15) is 11.1 Å². The molecule has 1 aliphatic heterocycles. The highest BCUT2D eigenvalue weighted by Gasteiger charge is 2.27. The molecule has 0 N–H and O–H groups in total. The van der Waals surface area contributed by atoms with Gasteiger partial charge < -0.3 is 9.80 Å². The Morgan fingerprint density at radius 3 is 2.15 bits per heavy atom. The van der Waals surface area contributed by atoms with E-state index in [1.54, 1.807) is 4.31 Å². The highest BCUT2D eigenvalue weighted by Crippen LogP contribution is 2.18. The van der Waals surface area contributed by atoms with Crippen molar-refractivity contribution in [3.05, 3.63) is 47.5 Å². The van der Waals surface area contributed by atoms with Gasteiger partial charge in [0.15, 0.2) is 11.6 Å². The van der Waals surface area contributed by atoms with E-state index < -0.39 is 10.0 Å². The second-order valence-electron chi connectivity index (χ2n) is 6.77. The zero-order valence-electron chi connectivity index (χ0n) is 15.5. The zero-order chi connectivity index (χ0) is 18.7. The molecule has 1 aromatic heterocycles. The normalized spacial score (nSPS) is 15.9. The number of hydrogen-bond donors (Lipinski definition) is 0. The predicted molar refractivity (Wildman–Crippen MR) is 104 cm³/mol. The van der Waals surface area contributed by atoms with Gasteiger partial charge in [-0.15, -0.1) is 10.2 Å². The van der Waals surface area contributed by atoms with E-state index in [0.29, 0.717) is 26.2 Å². The van der Waals surface area contributed by atoms with E-state index in [-0.39, 0.29) is 5.75 Å². The third-order valence-electron chi connectivity index (χ3n) is 4.52. The fourth-order valence-electron chi connectivity index (χ4n) is 2.91. The molecule has 140 valence electrons. The van der Waals surface area contributed by atoms with Crippen molar-refractivity contribution in [2.45, 2.75) is 12.7 Å².